The Kier molecular flexibility index (Phi) is 11.7. The Morgan fingerprint density at radius 3 is 1.50 bits per heavy atom. The predicted molar refractivity (Wildman–Crippen MR) is 57.0 cm³/mol. The fourth-order valence-corrected chi connectivity index (χ4v) is 1.19. The average Bonchev–Trinajstić information content (AvgIpc) is 2.17. The maximum atomic E-state index is 4.31. The van der Waals surface area contributed by atoms with Crippen LogP contribution in [0.4, 0.5) is 0 Å². The largest absolute Gasteiger partial charge is 0.354 e. The van der Waals surface area contributed by atoms with Crippen LogP contribution in [0.2, 0.25) is 0 Å². The summed E-state index contributed by atoms with van der Waals surface area (Å²) in [4.78, 5) is 0. The lowest BCUT2D eigenvalue weighted by Crippen LogP contribution is -2.37. The van der Waals surface area contributed by atoms with Crippen molar-refractivity contribution in [1.29, 1.82) is 0 Å². The summed E-state index contributed by atoms with van der Waals surface area (Å²) in [6.45, 7) is 8.89. The third kappa shape index (κ3) is 5.94. The Labute approximate surface area is 83.9 Å². The molecule has 0 heterocycles. The summed E-state index contributed by atoms with van der Waals surface area (Å²) in [6, 6.07) is 1.29. The summed E-state index contributed by atoms with van der Waals surface area (Å²) in [7, 11) is 6.08. The van der Waals surface area contributed by atoms with Crippen LogP contribution in [-0.2, 0) is 0 Å². The van der Waals surface area contributed by atoms with Gasteiger partial charge < -0.3 is 9.96 Å². The van der Waals surface area contributed by atoms with Crippen LogP contribution in [0.15, 0.2) is 0 Å². The number of rotatable bonds is 4. The molecule has 0 saturated carbocycles. The summed E-state index contributed by atoms with van der Waals surface area (Å²) in [5, 5.41) is 4.31. The molecular weight excluding hydrogens is 180 g/mol. The first-order valence-corrected chi connectivity index (χ1v) is 5.44. The van der Waals surface area contributed by atoms with E-state index >= 15 is 0 Å². The van der Waals surface area contributed by atoms with Gasteiger partial charge in [0.15, 0.2) is 0 Å². The van der Waals surface area contributed by atoms with Gasteiger partial charge in [-0.05, 0) is 24.9 Å². The van der Waals surface area contributed by atoms with Gasteiger partial charge in [0.25, 0.3) is 0 Å². The van der Waals surface area contributed by atoms with Gasteiger partial charge in [0, 0.05) is 0 Å². The van der Waals surface area contributed by atoms with Gasteiger partial charge in [0.1, 0.15) is 20.8 Å². The summed E-state index contributed by atoms with van der Waals surface area (Å²) >= 11 is 0. The monoisotopic (exact) mass is 200 g/mol. The Bertz CT molecular complexity index is 81.1. The van der Waals surface area contributed by atoms with E-state index in [1.54, 1.807) is 0 Å². The topological polar surface area (TPSA) is 29.3 Å². The predicted octanol–water partition coefficient (Wildman–Crippen LogP) is 0.997. The molecule has 0 aromatic heterocycles. The zero-order chi connectivity index (χ0) is 10.1. The van der Waals surface area contributed by atoms with E-state index in [9.17, 15) is 0 Å². The molecule has 2 unspecified atom stereocenters. The summed E-state index contributed by atoms with van der Waals surface area (Å²) in [6.07, 6.45) is 2.40. The lowest BCUT2D eigenvalue weighted by atomic mass is 10.2. The molecule has 0 bridgehead atoms. The lowest BCUT2D eigenvalue weighted by Gasteiger charge is -2.29. The van der Waals surface area contributed by atoms with E-state index in [2.05, 4.69) is 58.5 Å². The summed E-state index contributed by atoms with van der Waals surface area (Å²) in [5.41, 5.74) is 0. The Morgan fingerprint density at radius 1 is 1.08 bits per heavy atom. The van der Waals surface area contributed by atoms with Crippen molar-refractivity contribution >= 4 is 20.8 Å². The SMILES string of the molecule is CCC(C)N([Si])C(C)CC.N[Si]. The molecule has 0 rings (SSSR count). The molecule has 0 aromatic carbocycles. The van der Waals surface area contributed by atoms with Crippen molar-refractivity contribution in [2.45, 2.75) is 52.6 Å². The summed E-state index contributed by atoms with van der Waals surface area (Å²) < 4.78 is 2.25. The van der Waals surface area contributed by atoms with E-state index in [1.165, 1.54) is 12.8 Å². The van der Waals surface area contributed by atoms with E-state index in [4.69, 9.17) is 0 Å². The Hall–Kier alpha value is 0.354. The molecule has 12 heavy (non-hydrogen) atoms. The summed E-state index contributed by atoms with van der Waals surface area (Å²) in [5.74, 6) is 0. The average molecular weight is 200 g/mol. The third-order valence-corrected chi connectivity index (χ3v) is 3.01. The fourth-order valence-electron chi connectivity index (χ4n) is 0.828. The molecule has 6 radical (unpaired) electrons. The van der Waals surface area contributed by atoms with Crippen molar-refractivity contribution in [3.05, 3.63) is 0 Å². The highest BCUT2D eigenvalue weighted by Crippen LogP contribution is 2.06. The van der Waals surface area contributed by atoms with E-state index in [0.717, 1.165) is 0 Å². The first-order valence-electron chi connectivity index (χ1n) is 4.41. The number of hydrogen-bond donors (Lipinski definition) is 1. The van der Waals surface area contributed by atoms with Gasteiger partial charge >= 0.3 is 0 Å². The Morgan fingerprint density at radius 2 is 1.33 bits per heavy atom. The zero-order valence-corrected chi connectivity index (χ0v) is 10.6. The van der Waals surface area contributed by atoms with Gasteiger partial charge in [-0.15, -0.1) is 0 Å². The minimum Gasteiger partial charge on any atom is -0.354 e. The van der Waals surface area contributed by atoms with Crippen molar-refractivity contribution in [3.8, 4) is 0 Å². The van der Waals surface area contributed by atoms with Gasteiger partial charge in [-0.25, -0.2) is 0 Å². The lowest BCUT2D eigenvalue weighted by molar-refractivity contribution is 0.275. The van der Waals surface area contributed by atoms with Crippen LogP contribution in [0.25, 0.3) is 0 Å². The van der Waals surface area contributed by atoms with Crippen LogP contribution in [0, 0.1) is 0 Å². The molecular formula is C8H20N2Si2. The van der Waals surface area contributed by atoms with Crippen molar-refractivity contribution in [3.63, 3.8) is 0 Å². The van der Waals surface area contributed by atoms with E-state index in [0.29, 0.717) is 12.1 Å². The standard InChI is InChI=1S/C8H18NSi.H2NSi/c1-5-7(3)9(10)8(4)6-2;1-2/h7-8H,5-6H2,1-4H3;1H2. The molecule has 70 valence electrons. The van der Waals surface area contributed by atoms with E-state index in [-0.39, 0.29) is 0 Å². The highest BCUT2D eigenvalue weighted by molar-refractivity contribution is 6.04. The second-order valence-corrected chi connectivity index (χ2v) is 3.44. The highest BCUT2D eigenvalue weighted by Gasteiger charge is 2.11. The van der Waals surface area contributed by atoms with E-state index in [1.807, 2.05) is 0 Å². The van der Waals surface area contributed by atoms with Gasteiger partial charge in [0.2, 0.25) is 0 Å². The normalized spacial score (nSPS) is 15.0. The van der Waals surface area contributed by atoms with Crippen molar-refractivity contribution in [2.24, 2.45) is 5.40 Å². The first-order chi connectivity index (χ1) is 5.63. The second kappa shape index (κ2) is 9.44. The highest BCUT2D eigenvalue weighted by atomic mass is 28.2. The van der Waals surface area contributed by atoms with Crippen LogP contribution in [0.3, 0.4) is 0 Å². The minimum absolute atomic E-state index is 0.645. The van der Waals surface area contributed by atoms with Crippen molar-refractivity contribution in [2.75, 3.05) is 0 Å². The van der Waals surface area contributed by atoms with Crippen LogP contribution < -0.4 is 5.40 Å². The third-order valence-electron chi connectivity index (χ3n) is 2.13. The van der Waals surface area contributed by atoms with Gasteiger partial charge in [-0.1, -0.05) is 27.7 Å². The minimum atomic E-state index is 0.645. The fraction of sp³-hybridized carbons (Fsp3) is 1.00. The molecule has 2 atom stereocenters. The molecule has 0 saturated heterocycles. The van der Waals surface area contributed by atoms with Crippen molar-refractivity contribution in [1.82, 2.24) is 4.57 Å². The van der Waals surface area contributed by atoms with Gasteiger partial charge in [-0.3, -0.25) is 0 Å². The van der Waals surface area contributed by atoms with Crippen LogP contribution >= 0.6 is 0 Å². The molecule has 4 heteroatoms. The maximum absolute atomic E-state index is 4.31. The zero-order valence-electron chi connectivity index (χ0n) is 8.59. The van der Waals surface area contributed by atoms with Crippen LogP contribution in [-0.4, -0.2) is 37.5 Å². The molecule has 0 fully saturated rings. The number of hydrogen-bond acceptors (Lipinski definition) is 2. The smallest absolute Gasteiger partial charge is 0.144 e. The number of nitrogens with two attached hydrogens (primary N) is 1. The molecule has 2 N–H and O–H groups in total. The van der Waals surface area contributed by atoms with Gasteiger partial charge in [0.05, 0.1) is 0 Å². The first kappa shape index (κ1) is 14.9. The quantitative estimate of drug-likeness (QED) is 0.686. The molecule has 0 aromatic rings. The van der Waals surface area contributed by atoms with E-state index < -0.39 is 0 Å². The molecule has 0 aliphatic carbocycles. The maximum Gasteiger partial charge on any atom is 0.144 e. The molecule has 2 nitrogen and oxygen atoms in total. The number of nitrogens with zero attached hydrogens (tertiary/aromatic N) is 1. The molecule has 0 amide bonds. The van der Waals surface area contributed by atoms with Crippen molar-refractivity contribution < 1.29 is 0 Å². The van der Waals surface area contributed by atoms with Crippen LogP contribution in [0.1, 0.15) is 40.5 Å². The molecule has 0 spiro atoms. The molecule has 0 aliphatic heterocycles. The Balaban J connectivity index is 0. The molecule has 0 aliphatic rings. The second-order valence-electron chi connectivity index (χ2n) is 2.92. The van der Waals surface area contributed by atoms with Gasteiger partial charge in [-0.2, -0.15) is 0 Å². The van der Waals surface area contributed by atoms with Crippen LogP contribution in [0.5, 0.6) is 0 Å².